The fourth-order valence-corrected chi connectivity index (χ4v) is 2.37. The van der Waals surface area contributed by atoms with E-state index in [4.69, 9.17) is 10.6 Å². The van der Waals surface area contributed by atoms with Crippen molar-refractivity contribution in [2.24, 2.45) is 5.84 Å². The van der Waals surface area contributed by atoms with E-state index in [2.05, 4.69) is 15.4 Å². The van der Waals surface area contributed by atoms with Gasteiger partial charge in [-0.05, 0) is 35.4 Å². The predicted molar refractivity (Wildman–Crippen MR) is 81.7 cm³/mol. The summed E-state index contributed by atoms with van der Waals surface area (Å²) in [5.74, 6) is 6.54. The van der Waals surface area contributed by atoms with Crippen LogP contribution in [0, 0.1) is 0 Å². The molecule has 1 unspecified atom stereocenters. The number of nitrogens with two attached hydrogens (primary N) is 1. The maximum absolute atomic E-state index is 5.75. The van der Waals surface area contributed by atoms with Crippen LogP contribution in [0.15, 0.2) is 54.9 Å². The molecule has 2 aromatic carbocycles. The Bertz CT molecular complexity index is 760. The van der Waals surface area contributed by atoms with Crippen LogP contribution in [-0.4, -0.2) is 17.1 Å². The number of hydrogen-bond acceptors (Lipinski definition) is 5. The standard InChI is InChI=1S/C16H16N4O/c1-21-13-4-2-3-11(9-13)16(20-17)12-5-6-14-15(10-12)19-8-7-18-14/h2-10,16,20H,17H2,1H3. The predicted octanol–water partition coefficient (Wildman–Crippen LogP) is 2.19. The molecular weight excluding hydrogens is 264 g/mol. The number of nitrogens with one attached hydrogen (secondary N) is 1. The SMILES string of the molecule is COc1cccc(C(NN)c2ccc3nccnc3c2)c1. The summed E-state index contributed by atoms with van der Waals surface area (Å²) in [6.07, 6.45) is 3.37. The first-order valence-corrected chi connectivity index (χ1v) is 6.62. The Balaban J connectivity index is 2.04. The van der Waals surface area contributed by atoms with E-state index < -0.39 is 0 Å². The van der Waals surface area contributed by atoms with Crippen molar-refractivity contribution in [1.82, 2.24) is 15.4 Å². The molecule has 0 saturated heterocycles. The lowest BCUT2D eigenvalue weighted by molar-refractivity contribution is 0.413. The van der Waals surface area contributed by atoms with Gasteiger partial charge in [-0.25, -0.2) is 5.43 Å². The Morgan fingerprint density at radius 2 is 1.76 bits per heavy atom. The molecule has 0 aliphatic carbocycles. The highest BCUT2D eigenvalue weighted by Gasteiger charge is 2.14. The van der Waals surface area contributed by atoms with Gasteiger partial charge in [-0.2, -0.15) is 0 Å². The summed E-state index contributed by atoms with van der Waals surface area (Å²) in [7, 11) is 1.65. The highest BCUT2D eigenvalue weighted by Crippen LogP contribution is 2.26. The molecule has 0 radical (unpaired) electrons. The normalized spacial score (nSPS) is 12.3. The van der Waals surface area contributed by atoms with Gasteiger partial charge in [0, 0.05) is 12.4 Å². The van der Waals surface area contributed by atoms with Gasteiger partial charge < -0.3 is 4.74 Å². The average Bonchev–Trinajstić information content (AvgIpc) is 2.56. The van der Waals surface area contributed by atoms with Crippen molar-refractivity contribution in [3.63, 3.8) is 0 Å². The highest BCUT2D eigenvalue weighted by molar-refractivity contribution is 5.74. The molecule has 0 aliphatic heterocycles. The monoisotopic (exact) mass is 280 g/mol. The van der Waals surface area contributed by atoms with Crippen LogP contribution < -0.4 is 16.0 Å². The Morgan fingerprint density at radius 1 is 1.00 bits per heavy atom. The number of rotatable bonds is 4. The number of nitrogens with zero attached hydrogens (tertiary/aromatic N) is 2. The summed E-state index contributed by atoms with van der Waals surface area (Å²) in [4.78, 5) is 8.60. The third-order valence-electron chi connectivity index (χ3n) is 3.42. The van der Waals surface area contributed by atoms with Gasteiger partial charge in [0.2, 0.25) is 0 Å². The molecule has 0 spiro atoms. The molecule has 3 aromatic rings. The van der Waals surface area contributed by atoms with Crippen LogP contribution in [-0.2, 0) is 0 Å². The lowest BCUT2D eigenvalue weighted by atomic mass is 9.98. The van der Waals surface area contributed by atoms with Crippen molar-refractivity contribution in [2.45, 2.75) is 6.04 Å². The van der Waals surface area contributed by atoms with Crippen LogP contribution >= 0.6 is 0 Å². The molecule has 0 aliphatic rings. The number of methoxy groups -OCH3 is 1. The summed E-state index contributed by atoms with van der Waals surface area (Å²) in [5.41, 5.74) is 6.61. The minimum Gasteiger partial charge on any atom is -0.497 e. The van der Waals surface area contributed by atoms with E-state index in [-0.39, 0.29) is 6.04 Å². The van der Waals surface area contributed by atoms with Crippen LogP contribution in [0.3, 0.4) is 0 Å². The number of hydrazine groups is 1. The van der Waals surface area contributed by atoms with Crippen molar-refractivity contribution < 1.29 is 4.74 Å². The number of benzene rings is 2. The van der Waals surface area contributed by atoms with Crippen molar-refractivity contribution in [2.75, 3.05) is 7.11 Å². The van der Waals surface area contributed by atoms with E-state index in [0.29, 0.717) is 0 Å². The summed E-state index contributed by atoms with van der Waals surface area (Å²) in [6, 6.07) is 13.6. The highest BCUT2D eigenvalue weighted by atomic mass is 16.5. The number of aromatic nitrogens is 2. The summed E-state index contributed by atoms with van der Waals surface area (Å²) in [5, 5.41) is 0. The van der Waals surface area contributed by atoms with Crippen molar-refractivity contribution >= 4 is 11.0 Å². The summed E-state index contributed by atoms with van der Waals surface area (Å²) >= 11 is 0. The van der Waals surface area contributed by atoms with Crippen LogP contribution in [0.2, 0.25) is 0 Å². The number of hydrogen-bond donors (Lipinski definition) is 2. The molecule has 3 rings (SSSR count). The van der Waals surface area contributed by atoms with Crippen molar-refractivity contribution in [3.05, 3.63) is 66.0 Å². The maximum atomic E-state index is 5.75. The molecule has 106 valence electrons. The third-order valence-corrected chi connectivity index (χ3v) is 3.42. The number of ether oxygens (including phenoxy) is 1. The second kappa shape index (κ2) is 5.87. The zero-order valence-corrected chi connectivity index (χ0v) is 11.7. The van der Waals surface area contributed by atoms with E-state index in [9.17, 15) is 0 Å². The van der Waals surface area contributed by atoms with Crippen LogP contribution in [0.4, 0.5) is 0 Å². The average molecular weight is 280 g/mol. The van der Waals surface area contributed by atoms with Gasteiger partial charge in [0.1, 0.15) is 5.75 Å². The van der Waals surface area contributed by atoms with Crippen LogP contribution in [0.25, 0.3) is 11.0 Å². The van der Waals surface area contributed by atoms with Gasteiger partial charge in [0.05, 0.1) is 24.2 Å². The molecule has 21 heavy (non-hydrogen) atoms. The molecule has 0 bridgehead atoms. The molecule has 0 saturated carbocycles. The molecule has 3 N–H and O–H groups in total. The molecule has 5 heteroatoms. The molecule has 0 fully saturated rings. The molecule has 1 atom stereocenters. The lowest BCUT2D eigenvalue weighted by Gasteiger charge is -2.18. The van der Waals surface area contributed by atoms with E-state index >= 15 is 0 Å². The first kappa shape index (κ1) is 13.5. The first-order chi connectivity index (χ1) is 10.3. The molecular formula is C16H16N4O. The molecule has 1 heterocycles. The second-order valence-corrected chi connectivity index (χ2v) is 4.68. The third kappa shape index (κ3) is 2.69. The quantitative estimate of drug-likeness (QED) is 0.566. The molecule has 1 aromatic heterocycles. The first-order valence-electron chi connectivity index (χ1n) is 6.62. The van der Waals surface area contributed by atoms with E-state index in [1.165, 1.54) is 0 Å². The van der Waals surface area contributed by atoms with Crippen LogP contribution in [0.1, 0.15) is 17.2 Å². The Morgan fingerprint density at radius 3 is 2.52 bits per heavy atom. The lowest BCUT2D eigenvalue weighted by Crippen LogP contribution is -2.28. The Labute approximate surface area is 122 Å². The Hall–Kier alpha value is -2.50. The minimum atomic E-state index is -0.133. The Kier molecular flexibility index (Phi) is 3.77. The zero-order chi connectivity index (χ0) is 14.7. The number of fused-ring (bicyclic) bond motifs is 1. The smallest absolute Gasteiger partial charge is 0.119 e. The zero-order valence-electron chi connectivity index (χ0n) is 11.7. The fraction of sp³-hybridized carbons (Fsp3) is 0.125. The van der Waals surface area contributed by atoms with E-state index in [1.54, 1.807) is 19.5 Å². The van der Waals surface area contributed by atoms with Gasteiger partial charge >= 0.3 is 0 Å². The molecule has 0 amide bonds. The fourth-order valence-electron chi connectivity index (χ4n) is 2.37. The molecule has 5 nitrogen and oxygen atoms in total. The van der Waals surface area contributed by atoms with Gasteiger partial charge in [-0.3, -0.25) is 15.8 Å². The summed E-state index contributed by atoms with van der Waals surface area (Å²) in [6.45, 7) is 0. The minimum absolute atomic E-state index is 0.133. The van der Waals surface area contributed by atoms with Gasteiger partial charge in [0.25, 0.3) is 0 Å². The van der Waals surface area contributed by atoms with Crippen molar-refractivity contribution in [1.29, 1.82) is 0 Å². The van der Waals surface area contributed by atoms with E-state index in [0.717, 1.165) is 27.9 Å². The second-order valence-electron chi connectivity index (χ2n) is 4.68. The van der Waals surface area contributed by atoms with Crippen LogP contribution in [0.5, 0.6) is 5.75 Å². The maximum Gasteiger partial charge on any atom is 0.119 e. The summed E-state index contributed by atoms with van der Waals surface area (Å²) < 4.78 is 5.26. The van der Waals surface area contributed by atoms with Gasteiger partial charge in [-0.15, -0.1) is 0 Å². The topological polar surface area (TPSA) is 73.1 Å². The van der Waals surface area contributed by atoms with Gasteiger partial charge in [-0.1, -0.05) is 18.2 Å². The largest absolute Gasteiger partial charge is 0.497 e. The van der Waals surface area contributed by atoms with E-state index in [1.807, 2.05) is 42.5 Å². The van der Waals surface area contributed by atoms with Gasteiger partial charge in [0.15, 0.2) is 0 Å². The van der Waals surface area contributed by atoms with Crippen molar-refractivity contribution in [3.8, 4) is 5.75 Å².